The lowest BCUT2D eigenvalue weighted by Crippen LogP contribution is -2.22. The van der Waals surface area contributed by atoms with Crippen molar-refractivity contribution in [3.8, 4) is 11.6 Å². The highest BCUT2D eigenvalue weighted by Gasteiger charge is 2.16. The van der Waals surface area contributed by atoms with Crippen LogP contribution in [0, 0.1) is 0 Å². The minimum absolute atomic E-state index is 0.0110. The van der Waals surface area contributed by atoms with Crippen LogP contribution in [0.5, 0.6) is 11.6 Å². The summed E-state index contributed by atoms with van der Waals surface area (Å²) in [5.74, 6) is 1.96. The monoisotopic (exact) mass is 455 g/mol. The second-order valence-electron chi connectivity index (χ2n) is 7.34. The van der Waals surface area contributed by atoms with E-state index in [4.69, 9.17) is 15.3 Å². The van der Waals surface area contributed by atoms with E-state index in [1.165, 1.54) is 0 Å². The minimum atomic E-state index is -0.116. The van der Waals surface area contributed by atoms with Crippen molar-refractivity contribution in [3.05, 3.63) is 94.7 Å². The normalized spacial score (nSPS) is 11.7. The van der Waals surface area contributed by atoms with Crippen LogP contribution in [0.25, 0.3) is 16.7 Å². The van der Waals surface area contributed by atoms with Crippen LogP contribution in [-0.4, -0.2) is 30.0 Å². The Hall–Kier alpha value is -4.73. The molecule has 0 bridgehead atoms. The molecule has 2 aromatic carbocycles. The van der Waals surface area contributed by atoms with Crippen molar-refractivity contribution in [1.82, 2.24) is 24.1 Å². The third-order valence-corrected chi connectivity index (χ3v) is 5.25. The van der Waals surface area contributed by atoms with Gasteiger partial charge in [-0.2, -0.15) is 0 Å². The molecule has 0 saturated carbocycles. The van der Waals surface area contributed by atoms with Gasteiger partial charge in [-0.15, -0.1) is 10.2 Å². The number of nitrogens with two attached hydrogens (primary N) is 1. The lowest BCUT2D eigenvalue weighted by Gasteiger charge is -2.10. The molecule has 0 aliphatic heterocycles. The van der Waals surface area contributed by atoms with Gasteiger partial charge in [-0.05, 0) is 43.3 Å². The minimum Gasteiger partial charge on any atom is -0.438 e. The third-order valence-electron chi connectivity index (χ3n) is 5.25. The van der Waals surface area contributed by atoms with E-state index < -0.39 is 0 Å². The zero-order valence-electron chi connectivity index (χ0n) is 18.3. The average molecular weight is 455 g/mol. The number of para-hydroxylation sites is 2. The molecular weight excluding hydrogens is 434 g/mol. The van der Waals surface area contributed by atoms with Gasteiger partial charge >= 0.3 is 0 Å². The highest BCUT2D eigenvalue weighted by Crippen LogP contribution is 2.22. The maximum Gasteiger partial charge on any atom is 0.262 e. The Kier molecular flexibility index (Phi) is 5.61. The Morgan fingerprint density at radius 1 is 1.03 bits per heavy atom. The van der Waals surface area contributed by atoms with Crippen molar-refractivity contribution in [1.29, 1.82) is 0 Å². The Bertz CT molecular complexity index is 1560. The summed E-state index contributed by atoms with van der Waals surface area (Å²) in [6, 6.07) is 20.0. The molecular formula is C24H21N7O3. The molecule has 34 heavy (non-hydrogen) atoms. The predicted octanol–water partition coefficient (Wildman–Crippen LogP) is 3.09. The number of fused-ring (bicyclic) bond motifs is 3. The Morgan fingerprint density at radius 3 is 2.65 bits per heavy atom. The van der Waals surface area contributed by atoms with Crippen LogP contribution in [0.1, 0.15) is 18.3 Å². The van der Waals surface area contributed by atoms with E-state index in [1.54, 1.807) is 33.4 Å². The number of pyridine rings is 1. The van der Waals surface area contributed by atoms with Crippen LogP contribution in [0.15, 0.2) is 82.9 Å². The van der Waals surface area contributed by atoms with Gasteiger partial charge in [-0.3, -0.25) is 13.8 Å². The Balaban J connectivity index is 1.44. The number of hydrogen-bond donors (Lipinski definition) is 1. The topological polar surface area (TPSA) is 122 Å². The first kappa shape index (κ1) is 21.1. The summed E-state index contributed by atoms with van der Waals surface area (Å²) in [7, 11) is 0. The van der Waals surface area contributed by atoms with E-state index in [9.17, 15) is 4.79 Å². The van der Waals surface area contributed by atoms with Crippen LogP contribution in [-0.2, 0) is 18.0 Å². The van der Waals surface area contributed by atoms with E-state index >= 15 is 0 Å². The maximum absolute atomic E-state index is 12.8. The van der Waals surface area contributed by atoms with Gasteiger partial charge in [0.1, 0.15) is 5.75 Å². The zero-order chi connectivity index (χ0) is 23.5. The molecule has 5 aromatic rings. The van der Waals surface area contributed by atoms with Gasteiger partial charge in [0.15, 0.2) is 18.3 Å². The molecule has 0 radical (unpaired) electrons. The van der Waals surface area contributed by atoms with Crippen molar-refractivity contribution in [2.45, 2.75) is 20.1 Å². The lowest BCUT2D eigenvalue weighted by atomic mass is 10.2. The molecule has 10 heteroatoms. The second kappa shape index (κ2) is 9.02. The maximum atomic E-state index is 12.8. The van der Waals surface area contributed by atoms with Gasteiger partial charge in [0.2, 0.25) is 11.7 Å². The van der Waals surface area contributed by atoms with Crippen LogP contribution in [0.4, 0.5) is 0 Å². The summed E-state index contributed by atoms with van der Waals surface area (Å²) < 4.78 is 9.20. The summed E-state index contributed by atoms with van der Waals surface area (Å²) in [6.45, 7) is 2.33. The van der Waals surface area contributed by atoms with E-state index in [0.29, 0.717) is 46.2 Å². The summed E-state index contributed by atoms with van der Waals surface area (Å²) in [6.07, 6.45) is 1.61. The van der Waals surface area contributed by atoms with Crippen LogP contribution in [0.2, 0.25) is 0 Å². The first-order valence-electron chi connectivity index (χ1n) is 10.7. The van der Waals surface area contributed by atoms with Crippen molar-refractivity contribution in [3.63, 3.8) is 0 Å². The van der Waals surface area contributed by atoms with Gasteiger partial charge in [0.05, 0.1) is 16.5 Å². The van der Waals surface area contributed by atoms with E-state index in [0.717, 1.165) is 0 Å². The molecule has 5 rings (SSSR count). The molecule has 170 valence electrons. The molecule has 0 fully saturated rings. The zero-order valence-corrected chi connectivity index (χ0v) is 18.3. The second-order valence-corrected chi connectivity index (χ2v) is 7.34. The number of amidine groups is 1. The van der Waals surface area contributed by atoms with Crippen molar-refractivity contribution < 1.29 is 9.57 Å². The summed E-state index contributed by atoms with van der Waals surface area (Å²) in [4.78, 5) is 22.6. The SMILES string of the molecule is CCn1c(=O)c2ccccc2n2c(CO/N=C(/N)c3cccnc3Oc3ccccc3)nnc12. The van der Waals surface area contributed by atoms with Crippen LogP contribution >= 0.6 is 0 Å². The average Bonchev–Trinajstić information content (AvgIpc) is 3.29. The standard InChI is InChI=1S/C24H21N7O3/c1-2-30-23(32)17-11-6-7-13-19(17)31-20(27-28-24(30)31)15-33-29-21(25)18-12-8-14-26-22(18)34-16-9-4-3-5-10-16/h3-14H,2,15H2,1H3,(H2,25,29). The first-order chi connectivity index (χ1) is 16.7. The highest BCUT2D eigenvalue weighted by molar-refractivity contribution is 5.99. The smallest absolute Gasteiger partial charge is 0.262 e. The number of rotatable bonds is 7. The third kappa shape index (κ3) is 3.81. The quantitative estimate of drug-likeness (QED) is 0.227. The molecule has 0 amide bonds. The molecule has 0 aliphatic rings. The number of nitrogens with zero attached hydrogens (tertiary/aromatic N) is 6. The molecule has 0 unspecified atom stereocenters. The largest absolute Gasteiger partial charge is 0.438 e. The molecule has 0 spiro atoms. The number of ether oxygens (including phenoxy) is 1. The van der Waals surface area contributed by atoms with Gasteiger partial charge in [0, 0.05) is 12.7 Å². The predicted molar refractivity (Wildman–Crippen MR) is 127 cm³/mol. The van der Waals surface area contributed by atoms with E-state index in [-0.39, 0.29) is 18.0 Å². The highest BCUT2D eigenvalue weighted by atomic mass is 16.6. The van der Waals surface area contributed by atoms with Crippen LogP contribution in [0.3, 0.4) is 0 Å². The Labute approximate surface area is 193 Å². The molecule has 0 atom stereocenters. The number of benzene rings is 2. The van der Waals surface area contributed by atoms with E-state index in [1.807, 2.05) is 55.5 Å². The number of oxime groups is 1. The fourth-order valence-corrected chi connectivity index (χ4v) is 3.67. The van der Waals surface area contributed by atoms with Gasteiger partial charge in [-0.1, -0.05) is 35.5 Å². The van der Waals surface area contributed by atoms with Crippen molar-refractivity contribution in [2.24, 2.45) is 10.9 Å². The Morgan fingerprint density at radius 2 is 1.82 bits per heavy atom. The summed E-state index contributed by atoms with van der Waals surface area (Å²) >= 11 is 0. The van der Waals surface area contributed by atoms with Gasteiger partial charge in [0.25, 0.3) is 5.56 Å². The lowest BCUT2D eigenvalue weighted by molar-refractivity contribution is 0.124. The molecule has 3 aromatic heterocycles. The van der Waals surface area contributed by atoms with Crippen molar-refractivity contribution >= 4 is 22.5 Å². The van der Waals surface area contributed by atoms with Crippen LogP contribution < -0.4 is 16.0 Å². The van der Waals surface area contributed by atoms with E-state index in [2.05, 4.69) is 20.3 Å². The van der Waals surface area contributed by atoms with Gasteiger partial charge in [-0.25, -0.2) is 4.98 Å². The fourth-order valence-electron chi connectivity index (χ4n) is 3.67. The fraction of sp³-hybridized carbons (Fsp3) is 0.125. The summed E-state index contributed by atoms with van der Waals surface area (Å²) in [5.41, 5.74) is 7.24. The van der Waals surface area contributed by atoms with Gasteiger partial charge < -0.3 is 15.3 Å². The molecule has 0 saturated heterocycles. The molecule has 0 aliphatic carbocycles. The first-order valence-corrected chi connectivity index (χ1v) is 10.7. The summed E-state index contributed by atoms with van der Waals surface area (Å²) in [5, 5.41) is 13.0. The molecule has 2 N–H and O–H groups in total. The number of aromatic nitrogens is 5. The molecule has 3 heterocycles. The van der Waals surface area contributed by atoms with Crippen molar-refractivity contribution in [2.75, 3.05) is 0 Å². The number of aryl methyl sites for hydroxylation is 1. The molecule has 10 nitrogen and oxygen atoms in total. The number of hydrogen-bond acceptors (Lipinski definition) is 7.